The lowest BCUT2D eigenvalue weighted by Gasteiger charge is -2.45. The Bertz CT molecular complexity index is 1500. The van der Waals surface area contributed by atoms with E-state index in [9.17, 15) is 19.8 Å². The number of aryl methyl sites for hydroxylation is 4. The highest BCUT2D eigenvalue weighted by atomic mass is 16.7. The molecular formula is C45H68O10. The van der Waals surface area contributed by atoms with Crippen molar-refractivity contribution in [1.29, 1.82) is 0 Å². The molecule has 0 aliphatic carbocycles. The second-order valence-corrected chi connectivity index (χ2v) is 19.8. The first-order valence-electron chi connectivity index (χ1n) is 19.8. The lowest BCUT2D eigenvalue weighted by atomic mass is 9.83. The fraction of sp³-hybridized carbons (Fsp3) is 0.689. The van der Waals surface area contributed by atoms with Gasteiger partial charge in [-0.3, -0.25) is 9.59 Å². The van der Waals surface area contributed by atoms with Crippen LogP contribution in [0.15, 0.2) is 24.3 Å². The van der Waals surface area contributed by atoms with E-state index in [1.54, 1.807) is 0 Å². The average molecular weight is 769 g/mol. The van der Waals surface area contributed by atoms with Crippen LogP contribution in [0.5, 0.6) is 11.5 Å². The van der Waals surface area contributed by atoms with Gasteiger partial charge in [0.05, 0.1) is 45.1 Å². The Hall–Kier alpha value is -3.18. The van der Waals surface area contributed by atoms with Crippen molar-refractivity contribution >= 4 is 11.9 Å². The Balaban J connectivity index is 1.14. The van der Waals surface area contributed by atoms with Gasteiger partial charge in [-0.15, -0.1) is 0 Å². The minimum absolute atomic E-state index is 0.205. The number of hydrogen-bond donors (Lipinski definition) is 2. The molecular weight excluding hydrogens is 700 g/mol. The van der Waals surface area contributed by atoms with Crippen molar-refractivity contribution in [3.63, 3.8) is 0 Å². The van der Waals surface area contributed by atoms with E-state index in [0.29, 0.717) is 63.6 Å². The van der Waals surface area contributed by atoms with Crippen molar-refractivity contribution in [2.75, 3.05) is 39.6 Å². The maximum absolute atomic E-state index is 12.7. The van der Waals surface area contributed by atoms with E-state index in [4.69, 9.17) is 28.4 Å². The van der Waals surface area contributed by atoms with Crippen molar-refractivity contribution < 1.29 is 48.2 Å². The van der Waals surface area contributed by atoms with Crippen molar-refractivity contribution in [3.05, 3.63) is 57.6 Å². The Labute approximate surface area is 329 Å². The van der Waals surface area contributed by atoms with Gasteiger partial charge in [-0.1, -0.05) is 93.5 Å². The van der Waals surface area contributed by atoms with Crippen LogP contribution in [0.4, 0.5) is 0 Å². The molecule has 4 rings (SSSR count). The summed E-state index contributed by atoms with van der Waals surface area (Å²) in [5, 5.41) is 21.0. The molecule has 0 saturated carbocycles. The van der Waals surface area contributed by atoms with E-state index in [2.05, 4.69) is 41.5 Å². The van der Waals surface area contributed by atoms with Gasteiger partial charge in [0.2, 0.25) is 0 Å². The molecule has 0 aromatic heterocycles. The SMILES string of the molecule is Cc1cc(CCC(=O)OCC(C)(C)CC2OCC3(CO2)COC(CC(C)(C)COC(=O)CCc2cc(C)c(O)c(C(C)(C)C)c2)OC3)cc(C(C)(C)C)c1O. The number of hydrogen-bond acceptors (Lipinski definition) is 10. The molecule has 0 radical (unpaired) electrons. The molecule has 2 aromatic carbocycles. The third-order valence-electron chi connectivity index (χ3n) is 10.6. The van der Waals surface area contributed by atoms with E-state index in [0.717, 1.165) is 33.4 Å². The first-order valence-corrected chi connectivity index (χ1v) is 19.8. The van der Waals surface area contributed by atoms with E-state index in [1.807, 2.05) is 65.8 Å². The van der Waals surface area contributed by atoms with Crippen LogP contribution < -0.4 is 0 Å². The Morgan fingerprint density at radius 1 is 0.618 bits per heavy atom. The van der Waals surface area contributed by atoms with Crippen molar-refractivity contribution in [2.45, 2.75) is 145 Å². The maximum Gasteiger partial charge on any atom is 0.306 e. The molecule has 55 heavy (non-hydrogen) atoms. The van der Waals surface area contributed by atoms with Gasteiger partial charge in [-0.25, -0.2) is 0 Å². The van der Waals surface area contributed by atoms with E-state index in [-0.39, 0.29) is 59.7 Å². The topological polar surface area (TPSA) is 130 Å². The zero-order valence-electron chi connectivity index (χ0n) is 35.6. The number of carbonyl (C=O) groups excluding carboxylic acids is 2. The average Bonchev–Trinajstić information content (AvgIpc) is 3.08. The summed E-state index contributed by atoms with van der Waals surface area (Å²) in [6.45, 7) is 26.5. The number of phenols is 2. The smallest absolute Gasteiger partial charge is 0.306 e. The molecule has 2 aromatic rings. The third-order valence-corrected chi connectivity index (χ3v) is 10.6. The largest absolute Gasteiger partial charge is 0.507 e. The summed E-state index contributed by atoms with van der Waals surface area (Å²) in [5.74, 6) is 0.103. The van der Waals surface area contributed by atoms with Crippen LogP contribution in [0.2, 0.25) is 0 Å². The molecule has 0 unspecified atom stereocenters. The minimum atomic E-state index is -0.430. The fourth-order valence-corrected chi connectivity index (χ4v) is 7.01. The van der Waals surface area contributed by atoms with Crippen LogP contribution in [-0.4, -0.2) is 74.4 Å². The first kappa shape index (κ1) is 44.5. The van der Waals surface area contributed by atoms with E-state index >= 15 is 0 Å². The second-order valence-electron chi connectivity index (χ2n) is 19.8. The Morgan fingerprint density at radius 2 is 0.945 bits per heavy atom. The predicted octanol–water partition coefficient (Wildman–Crippen LogP) is 8.53. The molecule has 1 spiro atoms. The van der Waals surface area contributed by atoms with Gasteiger partial charge in [0.25, 0.3) is 0 Å². The number of rotatable bonds is 14. The summed E-state index contributed by atoms with van der Waals surface area (Å²) in [6.07, 6.45) is 1.85. The van der Waals surface area contributed by atoms with E-state index in [1.165, 1.54) is 0 Å². The summed E-state index contributed by atoms with van der Waals surface area (Å²) >= 11 is 0. The molecule has 0 amide bonds. The monoisotopic (exact) mass is 768 g/mol. The highest BCUT2D eigenvalue weighted by Gasteiger charge is 2.44. The molecule has 0 bridgehead atoms. The number of phenolic OH excluding ortho intramolecular Hbond substituents is 2. The predicted molar refractivity (Wildman–Crippen MR) is 212 cm³/mol. The van der Waals surface area contributed by atoms with Gasteiger partial charge >= 0.3 is 11.9 Å². The van der Waals surface area contributed by atoms with Crippen LogP contribution >= 0.6 is 0 Å². The first-order chi connectivity index (χ1) is 25.4. The number of esters is 2. The van der Waals surface area contributed by atoms with Gasteiger partial charge in [-0.05, 0) is 70.9 Å². The molecule has 0 atom stereocenters. The Morgan fingerprint density at radius 3 is 1.25 bits per heavy atom. The summed E-state index contributed by atoms with van der Waals surface area (Å²) in [5.41, 5.74) is 3.84. The zero-order valence-corrected chi connectivity index (χ0v) is 35.6. The van der Waals surface area contributed by atoms with Gasteiger partial charge in [0.1, 0.15) is 11.5 Å². The molecule has 2 heterocycles. The maximum atomic E-state index is 12.7. The summed E-state index contributed by atoms with van der Waals surface area (Å²) in [4.78, 5) is 25.4. The number of benzene rings is 2. The second kappa shape index (κ2) is 17.5. The lowest BCUT2D eigenvalue weighted by molar-refractivity contribution is -0.310. The highest BCUT2D eigenvalue weighted by molar-refractivity contribution is 5.70. The standard InChI is InChI=1S/C45H68O10/c1-29-17-31(19-33(39(29)48)41(3,4)5)13-15-35(46)50-23-43(9,10)21-37-52-25-45(26-53-37)27-54-38(55-28-45)22-44(11,12)24-51-36(47)16-14-32-18-30(2)40(49)34(20-32)42(6,7)8/h17-20,37-38,48-49H,13-16,21-28H2,1-12H3. The van der Waals surface area contributed by atoms with Gasteiger partial charge in [0, 0.05) is 36.5 Å². The van der Waals surface area contributed by atoms with Crippen molar-refractivity contribution in [3.8, 4) is 11.5 Å². The van der Waals surface area contributed by atoms with E-state index < -0.39 is 18.0 Å². The fourth-order valence-electron chi connectivity index (χ4n) is 7.01. The minimum Gasteiger partial charge on any atom is -0.507 e. The van der Waals surface area contributed by atoms with Crippen LogP contribution in [0.25, 0.3) is 0 Å². The van der Waals surface area contributed by atoms with Gasteiger partial charge < -0.3 is 38.6 Å². The molecule has 308 valence electrons. The van der Waals surface area contributed by atoms with Crippen LogP contribution in [0.3, 0.4) is 0 Å². The van der Waals surface area contributed by atoms with Crippen molar-refractivity contribution in [1.82, 2.24) is 0 Å². The van der Waals surface area contributed by atoms with Gasteiger partial charge in [0.15, 0.2) is 12.6 Å². The molecule has 10 heteroatoms. The molecule has 2 fully saturated rings. The molecule has 2 aliphatic heterocycles. The summed E-state index contributed by atoms with van der Waals surface area (Å²) in [7, 11) is 0. The summed E-state index contributed by atoms with van der Waals surface area (Å²) < 4.78 is 36.0. The number of ether oxygens (including phenoxy) is 6. The lowest BCUT2D eigenvalue weighted by Crippen LogP contribution is -2.53. The van der Waals surface area contributed by atoms with Crippen LogP contribution in [-0.2, 0) is 61.7 Å². The third kappa shape index (κ3) is 12.9. The normalized spacial score (nSPS) is 21.1. The Kier molecular flexibility index (Phi) is 14.2. The quantitative estimate of drug-likeness (QED) is 0.181. The number of aromatic hydroxyl groups is 2. The molecule has 2 saturated heterocycles. The van der Waals surface area contributed by atoms with Crippen LogP contribution in [0.1, 0.15) is 128 Å². The molecule has 10 nitrogen and oxygen atoms in total. The molecule has 2 N–H and O–H groups in total. The van der Waals surface area contributed by atoms with Crippen molar-refractivity contribution in [2.24, 2.45) is 16.2 Å². The zero-order chi connectivity index (χ0) is 41.0. The number of carbonyl (C=O) groups is 2. The molecule has 2 aliphatic rings. The highest BCUT2D eigenvalue weighted by Crippen LogP contribution is 2.38. The van der Waals surface area contributed by atoms with Gasteiger partial charge in [-0.2, -0.15) is 0 Å². The summed E-state index contributed by atoms with van der Waals surface area (Å²) in [6, 6.07) is 7.83. The van der Waals surface area contributed by atoms with Crippen LogP contribution in [0, 0.1) is 30.1 Å².